The van der Waals surface area contributed by atoms with Crippen molar-refractivity contribution in [3.05, 3.63) is 64.7 Å². The zero-order valence-corrected chi connectivity index (χ0v) is 19.0. The maximum absolute atomic E-state index is 13.1. The standard InChI is InChI=1S/C25H29NO6/c1-15(2)32-13-12-26-22(17-6-8-18(30-4)9-7-17)21(24(28)25(26)29)23(27)20-11-10-19(31-5)14-16(20)3/h6-11,14-15,22,27H,12-13H2,1-5H3/b23-21-. The molecule has 1 heterocycles. The summed E-state index contributed by atoms with van der Waals surface area (Å²) >= 11 is 0. The number of rotatable bonds is 8. The van der Waals surface area contributed by atoms with Crippen LogP contribution in [0.25, 0.3) is 5.76 Å². The summed E-state index contributed by atoms with van der Waals surface area (Å²) in [4.78, 5) is 27.5. The Labute approximate surface area is 188 Å². The van der Waals surface area contributed by atoms with Gasteiger partial charge < -0.3 is 24.2 Å². The molecule has 1 unspecified atom stereocenters. The van der Waals surface area contributed by atoms with E-state index >= 15 is 0 Å². The first-order chi connectivity index (χ1) is 15.3. The van der Waals surface area contributed by atoms with Gasteiger partial charge in [0.15, 0.2) is 0 Å². The van der Waals surface area contributed by atoms with Crippen molar-refractivity contribution in [2.75, 3.05) is 27.4 Å². The molecule has 0 spiro atoms. The van der Waals surface area contributed by atoms with Gasteiger partial charge in [-0.2, -0.15) is 0 Å². The van der Waals surface area contributed by atoms with Crippen LogP contribution in [0.3, 0.4) is 0 Å². The topological polar surface area (TPSA) is 85.3 Å². The van der Waals surface area contributed by atoms with Crippen LogP contribution in [-0.4, -0.2) is 55.2 Å². The van der Waals surface area contributed by atoms with Gasteiger partial charge in [0.2, 0.25) is 0 Å². The third-order valence-electron chi connectivity index (χ3n) is 5.44. The van der Waals surface area contributed by atoms with Gasteiger partial charge in [-0.1, -0.05) is 12.1 Å². The third kappa shape index (κ3) is 4.62. The van der Waals surface area contributed by atoms with Gasteiger partial charge in [-0.3, -0.25) is 9.59 Å². The Hall–Kier alpha value is -3.32. The Kier molecular flexibility index (Phi) is 7.20. The summed E-state index contributed by atoms with van der Waals surface area (Å²) in [5, 5.41) is 11.2. The number of carbonyl (C=O) groups excluding carboxylic acids is 2. The van der Waals surface area contributed by atoms with Crippen LogP contribution in [0, 0.1) is 6.92 Å². The lowest BCUT2D eigenvalue weighted by atomic mass is 9.94. The van der Waals surface area contributed by atoms with E-state index in [0.29, 0.717) is 22.6 Å². The molecular formula is C25H29NO6. The predicted molar refractivity (Wildman–Crippen MR) is 121 cm³/mol. The Balaban J connectivity index is 2.11. The second kappa shape index (κ2) is 9.87. The molecule has 1 aliphatic heterocycles. The van der Waals surface area contributed by atoms with Crippen LogP contribution in [0.4, 0.5) is 0 Å². The van der Waals surface area contributed by atoms with Gasteiger partial charge in [-0.15, -0.1) is 0 Å². The predicted octanol–water partition coefficient (Wildman–Crippen LogP) is 3.86. The van der Waals surface area contributed by atoms with Crippen LogP contribution in [0.15, 0.2) is 48.0 Å². The zero-order chi connectivity index (χ0) is 23.4. The lowest BCUT2D eigenvalue weighted by molar-refractivity contribution is -0.140. The average molecular weight is 440 g/mol. The number of aliphatic hydroxyl groups excluding tert-OH is 1. The first-order valence-electron chi connectivity index (χ1n) is 10.5. The second-order valence-electron chi connectivity index (χ2n) is 7.87. The monoisotopic (exact) mass is 439 g/mol. The molecule has 170 valence electrons. The number of hydrogen-bond acceptors (Lipinski definition) is 6. The molecule has 0 bridgehead atoms. The molecule has 1 N–H and O–H groups in total. The molecule has 7 heteroatoms. The van der Waals surface area contributed by atoms with E-state index in [9.17, 15) is 14.7 Å². The fraction of sp³-hybridized carbons (Fsp3) is 0.360. The molecule has 1 atom stereocenters. The molecule has 1 saturated heterocycles. The first kappa shape index (κ1) is 23.3. The van der Waals surface area contributed by atoms with Crippen molar-refractivity contribution in [1.82, 2.24) is 4.90 Å². The number of carbonyl (C=O) groups is 2. The summed E-state index contributed by atoms with van der Waals surface area (Å²) < 4.78 is 16.1. The third-order valence-corrected chi connectivity index (χ3v) is 5.44. The smallest absolute Gasteiger partial charge is 0.295 e. The van der Waals surface area contributed by atoms with Crippen LogP contribution < -0.4 is 9.47 Å². The van der Waals surface area contributed by atoms with Crippen LogP contribution in [0.2, 0.25) is 0 Å². The lowest BCUT2D eigenvalue weighted by Gasteiger charge is -2.26. The molecule has 0 aliphatic carbocycles. The van der Waals surface area contributed by atoms with E-state index in [-0.39, 0.29) is 30.6 Å². The van der Waals surface area contributed by atoms with Crippen molar-refractivity contribution >= 4 is 17.4 Å². The minimum absolute atomic E-state index is 0.00629. The quantitative estimate of drug-likeness (QED) is 0.382. The molecule has 1 fully saturated rings. The highest BCUT2D eigenvalue weighted by Gasteiger charge is 2.46. The molecule has 1 aliphatic rings. The van der Waals surface area contributed by atoms with Crippen LogP contribution in [0.1, 0.15) is 36.6 Å². The van der Waals surface area contributed by atoms with Gasteiger partial charge in [0.05, 0.1) is 38.5 Å². The van der Waals surface area contributed by atoms with Crippen LogP contribution in [0.5, 0.6) is 11.5 Å². The van der Waals surface area contributed by atoms with E-state index in [1.165, 1.54) is 4.90 Å². The van der Waals surface area contributed by atoms with Gasteiger partial charge in [-0.25, -0.2) is 0 Å². The molecule has 0 saturated carbocycles. The van der Waals surface area contributed by atoms with E-state index in [2.05, 4.69) is 0 Å². The minimum atomic E-state index is -0.738. The second-order valence-corrected chi connectivity index (χ2v) is 7.87. The first-order valence-corrected chi connectivity index (χ1v) is 10.5. The van der Waals surface area contributed by atoms with Gasteiger partial charge >= 0.3 is 0 Å². The van der Waals surface area contributed by atoms with E-state index in [0.717, 1.165) is 5.56 Å². The summed E-state index contributed by atoms with van der Waals surface area (Å²) in [5.41, 5.74) is 1.95. The number of nitrogens with zero attached hydrogens (tertiary/aromatic N) is 1. The van der Waals surface area contributed by atoms with E-state index < -0.39 is 17.7 Å². The van der Waals surface area contributed by atoms with E-state index in [4.69, 9.17) is 14.2 Å². The molecular weight excluding hydrogens is 410 g/mol. The largest absolute Gasteiger partial charge is 0.507 e. The Bertz CT molecular complexity index is 1030. The number of ether oxygens (including phenoxy) is 3. The number of benzene rings is 2. The molecule has 32 heavy (non-hydrogen) atoms. The van der Waals surface area contributed by atoms with Crippen LogP contribution >= 0.6 is 0 Å². The zero-order valence-electron chi connectivity index (χ0n) is 19.0. The molecule has 1 amide bonds. The summed E-state index contributed by atoms with van der Waals surface area (Å²) in [6.45, 7) is 6.12. The lowest BCUT2D eigenvalue weighted by Crippen LogP contribution is -2.33. The summed E-state index contributed by atoms with van der Waals surface area (Å²) in [6, 6.07) is 11.5. The maximum Gasteiger partial charge on any atom is 0.295 e. The number of methoxy groups -OCH3 is 2. The molecule has 2 aromatic rings. The molecule has 7 nitrogen and oxygen atoms in total. The van der Waals surface area contributed by atoms with Crippen molar-refractivity contribution in [1.29, 1.82) is 0 Å². The van der Waals surface area contributed by atoms with Gasteiger partial charge in [-0.05, 0) is 62.2 Å². The Morgan fingerprint density at radius 1 is 1.03 bits per heavy atom. The van der Waals surface area contributed by atoms with Crippen molar-refractivity contribution in [3.8, 4) is 11.5 Å². The summed E-state index contributed by atoms with van der Waals surface area (Å²) in [5.74, 6) is -0.303. The normalized spacial score (nSPS) is 17.8. The fourth-order valence-corrected chi connectivity index (χ4v) is 3.80. The SMILES string of the molecule is COc1ccc(C2/C(=C(/O)c3ccc(OC)cc3C)C(=O)C(=O)N2CCOC(C)C)cc1. The van der Waals surface area contributed by atoms with Crippen molar-refractivity contribution in [2.45, 2.75) is 32.9 Å². The summed E-state index contributed by atoms with van der Waals surface area (Å²) in [6.07, 6.45) is -0.00629. The number of aliphatic hydroxyl groups is 1. The van der Waals surface area contributed by atoms with Gasteiger partial charge in [0, 0.05) is 12.1 Å². The molecule has 0 radical (unpaired) electrons. The number of aryl methyl sites for hydroxylation is 1. The fourth-order valence-electron chi connectivity index (χ4n) is 3.80. The highest BCUT2D eigenvalue weighted by molar-refractivity contribution is 6.46. The van der Waals surface area contributed by atoms with Crippen molar-refractivity contribution in [2.24, 2.45) is 0 Å². The molecule has 2 aromatic carbocycles. The number of Topliss-reactive ketones (excluding diaryl/α,β-unsaturated/α-hetero) is 1. The number of amides is 1. The van der Waals surface area contributed by atoms with Crippen LogP contribution in [-0.2, 0) is 14.3 Å². The Morgan fingerprint density at radius 2 is 1.66 bits per heavy atom. The van der Waals surface area contributed by atoms with Gasteiger partial charge in [0.25, 0.3) is 11.7 Å². The van der Waals surface area contributed by atoms with E-state index in [1.54, 1.807) is 56.7 Å². The minimum Gasteiger partial charge on any atom is -0.507 e. The van der Waals surface area contributed by atoms with E-state index in [1.807, 2.05) is 20.8 Å². The molecule has 3 rings (SSSR count). The average Bonchev–Trinajstić information content (AvgIpc) is 3.03. The van der Waals surface area contributed by atoms with Crippen molar-refractivity contribution in [3.63, 3.8) is 0 Å². The number of likely N-dealkylation sites (tertiary alicyclic amines) is 1. The van der Waals surface area contributed by atoms with Crippen molar-refractivity contribution < 1.29 is 28.9 Å². The van der Waals surface area contributed by atoms with Gasteiger partial charge in [0.1, 0.15) is 17.3 Å². The number of ketones is 1. The maximum atomic E-state index is 13.1. The molecule has 0 aromatic heterocycles. The highest BCUT2D eigenvalue weighted by Crippen LogP contribution is 2.40. The Morgan fingerprint density at radius 3 is 2.22 bits per heavy atom. The number of hydrogen-bond donors (Lipinski definition) is 1. The highest BCUT2D eigenvalue weighted by atomic mass is 16.5. The summed E-state index contributed by atoms with van der Waals surface area (Å²) in [7, 11) is 3.12.